The van der Waals surface area contributed by atoms with Crippen LogP contribution >= 0.6 is 22.7 Å². The van der Waals surface area contributed by atoms with Gasteiger partial charge in [0.25, 0.3) is 0 Å². The molecule has 0 N–H and O–H groups in total. The molecule has 2 atom stereocenters. The monoisotopic (exact) mass is 458 g/mol. The Kier molecular flexibility index (Phi) is 8.07. The molecule has 0 spiro atoms. The Morgan fingerprint density at radius 1 is 0.767 bits per heavy atom. The van der Waals surface area contributed by atoms with Crippen molar-refractivity contribution >= 4 is 22.7 Å². The van der Waals surface area contributed by atoms with Gasteiger partial charge >= 0.3 is 0 Å². The zero-order chi connectivity index (χ0) is 20.6. The predicted octanol–water partition coefficient (Wildman–Crippen LogP) is 2.85. The number of hydrogen-bond donors (Lipinski definition) is 0. The average molecular weight is 459 g/mol. The van der Waals surface area contributed by atoms with E-state index >= 15 is 0 Å². The van der Waals surface area contributed by atoms with Crippen LogP contribution in [0.5, 0.6) is 23.0 Å². The van der Waals surface area contributed by atoms with Crippen molar-refractivity contribution in [3.63, 3.8) is 0 Å². The van der Waals surface area contributed by atoms with E-state index in [1.807, 2.05) is 21.5 Å². The lowest BCUT2D eigenvalue weighted by Gasteiger charge is -2.36. The molecule has 2 aromatic heterocycles. The standard InChI is InChI=1S/C20H26O8S2/c1-21-2-3-22-4-5-23-6-7-24-20(14-8-25-16-10-29-12-18(16)27-14)15-9-26-17-11-30-13-19(17)28-15/h10-15,20H,2-9H2,1H3. The molecule has 0 saturated carbocycles. The van der Waals surface area contributed by atoms with Crippen molar-refractivity contribution in [2.75, 3.05) is 60.0 Å². The van der Waals surface area contributed by atoms with Crippen molar-refractivity contribution in [3.8, 4) is 23.0 Å². The van der Waals surface area contributed by atoms with Gasteiger partial charge in [0.2, 0.25) is 0 Å². The first-order chi connectivity index (χ1) is 14.8. The van der Waals surface area contributed by atoms with E-state index in [1.54, 1.807) is 29.8 Å². The Bertz CT molecular complexity index is 711. The van der Waals surface area contributed by atoms with Gasteiger partial charge in [-0.2, -0.15) is 0 Å². The molecule has 30 heavy (non-hydrogen) atoms. The highest BCUT2D eigenvalue weighted by molar-refractivity contribution is 7.08. The quantitative estimate of drug-likeness (QED) is 0.450. The minimum Gasteiger partial charge on any atom is -0.485 e. The van der Waals surface area contributed by atoms with Gasteiger partial charge in [-0.3, -0.25) is 0 Å². The molecule has 2 aliphatic heterocycles. The Morgan fingerprint density at radius 3 is 1.83 bits per heavy atom. The summed E-state index contributed by atoms with van der Waals surface area (Å²) in [5.74, 6) is 3.02. The van der Waals surface area contributed by atoms with Crippen LogP contribution in [0.25, 0.3) is 0 Å². The second-order valence-corrected chi connectivity index (χ2v) is 8.18. The minimum absolute atomic E-state index is 0.307. The van der Waals surface area contributed by atoms with Gasteiger partial charge in [-0.15, -0.1) is 22.7 Å². The molecule has 4 heterocycles. The molecule has 0 aliphatic carbocycles. The number of methoxy groups -OCH3 is 1. The Labute approximate surface area is 183 Å². The molecule has 2 aliphatic rings. The lowest BCUT2D eigenvalue weighted by molar-refractivity contribution is -0.123. The summed E-state index contributed by atoms with van der Waals surface area (Å²) in [4.78, 5) is 0. The molecular formula is C20H26O8S2. The van der Waals surface area contributed by atoms with Gasteiger partial charge in [0.1, 0.15) is 19.3 Å². The van der Waals surface area contributed by atoms with Crippen LogP contribution in [0.2, 0.25) is 0 Å². The van der Waals surface area contributed by atoms with Crippen LogP contribution in [0.3, 0.4) is 0 Å². The molecule has 0 amide bonds. The van der Waals surface area contributed by atoms with Crippen molar-refractivity contribution in [2.45, 2.75) is 18.3 Å². The molecule has 2 aromatic rings. The summed E-state index contributed by atoms with van der Waals surface area (Å²) >= 11 is 3.09. The van der Waals surface area contributed by atoms with E-state index in [0.717, 1.165) is 23.0 Å². The summed E-state index contributed by atoms with van der Waals surface area (Å²) in [7, 11) is 1.65. The van der Waals surface area contributed by atoms with E-state index in [-0.39, 0.29) is 18.3 Å². The second kappa shape index (κ2) is 11.2. The summed E-state index contributed by atoms with van der Waals surface area (Å²) in [5.41, 5.74) is 0. The van der Waals surface area contributed by atoms with Gasteiger partial charge in [0.05, 0.1) is 39.6 Å². The smallest absolute Gasteiger partial charge is 0.172 e. The van der Waals surface area contributed by atoms with Crippen molar-refractivity contribution in [1.29, 1.82) is 0 Å². The third kappa shape index (κ3) is 5.57. The highest BCUT2D eigenvalue weighted by Crippen LogP contribution is 2.39. The molecule has 0 radical (unpaired) electrons. The van der Waals surface area contributed by atoms with Crippen molar-refractivity contribution in [3.05, 3.63) is 21.5 Å². The Hall–Kier alpha value is -1.56. The molecule has 0 saturated heterocycles. The van der Waals surface area contributed by atoms with Crippen LogP contribution in [0, 0.1) is 0 Å². The molecule has 8 nitrogen and oxygen atoms in total. The van der Waals surface area contributed by atoms with E-state index in [2.05, 4.69) is 0 Å². The van der Waals surface area contributed by atoms with E-state index < -0.39 is 0 Å². The molecule has 4 rings (SSSR count). The zero-order valence-electron chi connectivity index (χ0n) is 16.8. The van der Waals surface area contributed by atoms with Crippen molar-refractivity contribution in [1.82, 2.24) is 0 Å². The van der Waals surface area contributed by atoms with Crippen LogP contribution < -0.4 is 18.9 Å². The Morgan fingerprint density at radius 2 is 1.27 bits per heavy atom. The molecular weight excluding hydrogens is 432 g/mol. The third-order valence-corrected chi connectivity index (χ3v) is 6.02. The molecule has 2 unspecified atom stereocenters. The lowest BCUT2D eigenvalue weighted by atomic mass is 10.1. The zero-order valence-corrected chi connectivity index (χ0v) is 18.4. The van der Waals surface area contributed by atoms with Gasteiger partial charge in [-0.25, -0.2) is 0 Å². The van der Waals surface area contributed by atoms with Crippen LogP contribution in [0.4, 0.5) is 0 Å². The first-order valence-electron chi connectivity index (χ1n) is 9.82. The molecule has 0 bridgehead atoms. The van der Waals surface area contributed by atoms with Crippen LogP contribution in [0.15, 0.2) is 21.5 Å². The molecule has 166 valence electrons. The van der Waals surface area contributed by atoms with Gasteiger partial charge in [0, 0.05) is 28.6 Å². The summed E-state index contributed by atoms with van der Waals surface area (Å²) in [5, 5.41) is 7.73. The fourth-order valence-corrected chi connectivity index (χ4v) is 4.50. The summed E-state index contributed by atoms with van der Waals surface area (Å²) in [6.07, 6.45) is -0.982. The summed E-state index contributed by atoms with van der Waals surface area (Å²) in [6, 6.07) is 0. The second-order valence-electron chi connectivity index (χ2n) is 6.69. The number of fused-ring (bicyclic) bond motifs is 2. The topological polar surface area (TPSA) is 73.8 Å². The van der Waals surface area contributed by atoms with Crippen molar-refractivity contribution in [2.24, 2.45) is 0 Å². The predicted molar refractivity (Wildman–Crippen MR) is 112 cm³/mol. The van der Waals surface area contributed by atoms with Crippen LogP contribution in [0.1, 0.15) is 0 Å². The maximum atomic E-state index is 6.16. The molecule has 0 fully saturated rings. The first-order valence-corrected chi connectivity index (χ1v) is 11.7. The normalized spacial score (nSPS) is 20.8. The molecule has 0 aromatic carbocycles. The van der Waals surface area contributed by atoms with Gasteiger partial charge in [0.15, 0.2) is 35.2 Å². The lowest BCUT2D eigenvalue weighted by Crippen LogP contribution is -2.52. The van der Waals surface area contributed by atoms with Gasteiger partial charge in [-0.1, -0.05) is 0 Å². The summed E-state index contributed by atoms with van der Waals surface area (Å²) in [6.45, 7) is 3.78. The van der Waals surface area contributed by atoms with Gasteiger partial charge < -0.3 is 37.9 Å². The van der Waals surface area contributed by atoms with Crippen LogP contribution in [-0.2, 0) is 18.9 Å². The molecule has 10 heteroatoms. The van der Waals surface area contributed by atoms with E-state index in [4.69, 9.17) is 37.9 Å². The van der Waals surface area contributed by atoms with E-state index in [1.165, 1.54) is 0 Å². The SMILES string of the molecule is COCCOCCOCCOC(C1COc2cscc2O1)C1COc2cscc2O1. The Balaban J connectivity index is 1.28. The minimum atomic E-state index is -0.368. The maximum absolute atomic E-state index is 6.16. The van der Waals surface area contributed by atoms with E-state index in [0.29, 0.717) is 52.9 Å². The number of hydrogen-bond acceptors (Lipinski definition) is 10. The number of ether oxygens (including phenoxy) is 8. The van der Waals surface area contributed by atoms with Crippen molar-refractivity contribution < 1.29 is 37.9 Å². The summed E-state index contributed by atoms with van der Waals surface area (Å²) < 4.78 is 46.1. The fraction of sp³-hybridized carbons (Fsp3) is 0.600. The third-order valence-electron chi connectivity index (χ3n) is 4.62. The fourth-order valence-electron chi connectivity index (χ4n) is 3.15. The van der Waals surface area contributed by atoms with Crippen LogP contribution in [-0.4, -0.2) is 78.3 Å². The average Bonchev–Trinajstić information content (AvgIpc) is 3.43. The highest BCUT2D eigenvalue weighted by Gasteiger charge is 2.39. The number of rotatable bonds is 12. The van der Waals surface area contributed by atoms with E-state index in [9.17, 15) is 0 Å². The maximum Gasteiger partial charge on any atom is 0.172 e. The highest BCUT2D eigenvalue weighted by atomic mass is 32.1. The van der Waals surface area contributed by atoms with Gasteiger partial charge in [-0.05, 0) is 0 Å². The number of thiophene rings is 2. The first kappa shape index (κ1) is 21.7. The largest absolute Gasteiger partial charge is 0.485 e.